The van der Waals surface area contributed by atoms with Gasteiger partial charge in [0.25, 0.3) is 5.91 Å². The Morgan fingerprint density at radius 2 is 2.21 bits per heavy atom. The third-order valence-electron chi connectivity index (χ3n) is 3.03. The zero-order valence-corrected chi connectivity index (χ0v) is 10.1. The van der Waals surface area contributed by atoms with E-state index < -0.39 is 5.82 Å². The molecule has 0 saturated heterocycles. The second-order valence-corrected chi connectivity index (χ2v) is 4.36. The maximum absolute atomic E-state index is 12.7. The van der Waals surface area contributed by atoms with Gasteiger partial charge in [-0.15, -0.1) is 0 Å². The second kappa shape index (κ2) is 4.68. The van der Waals surface area contributed by atoms with Crippen molar-refractivity contribution in [1.29, 1.82) is 0 Å². The number of anilines is 2. The molecule has 1 aromatic carbocycles. The van der Waals surface area contributed by atoms with E-state index in [9.17, 15) is 9.18 Å². The minimum Gasteiger partial charge on any atom is -0.384 e. The van der Waals surface area contributed by atoms with E-state index in [1.54, 1.807) is 0 Å². The molecule has 0 aliphatic carbocycles. The van der Waals surface area contributed by atoms with Gasteiger partial charge >= 0.3 is 0 Å². The fourth-order valence-electron chi connectivity index (χ4n) is 2.09. The molecular formula is C14H12FN3O. The predicted molar refractivity (Wildman–Crippen MR) is 70.8 cm³/mol. The summed E-state index contributed by atoms with van der Waals surface area (Å²) in [5.74, 6) is -0.800. The van der Waals surface area contributed by atoms with E-state index in [0.717, 1.165) is 30.5 Å². The smallest absolute Gasteiger partial charge is 0.274 e. The van der Waals surface area contributed by atoms with Crippen molar-refractivity contribution < 1.29 is 9.18 Å². The van der Waals surface area contributed by atoms with Gasteiger partial charge in [0.05, 0.1) is 6.20 Å². The molecule has 0 spiro atoms. The van der Waals surface area contributed by atoms with Crippen molar-refractivity contribution in [3.63, 3.8) is 0 Å². The fourth-order valence-corrected chi connectivity index (χ4v) is 2.09. The van der Waals surface area contributed by atoms with Crippen molar-refractivity contribution in [2.45, 2.75) is 6.42 Å². The van der Waals surface area contributed by atoms with Crippen molar-refractivity contribution in [2.75, 3.05) is 17.2 Å². The summed E-state index contributed by atoms with van der Waals surface area (Å²) in [6.07, 6.45) is 1.98. The molecule has 3 rings (SSSR count). The summed E-state index contributed by atoms with van der Waals surface area (Å²) in [5, 5.41) is 6.01. The molecule has 0 unspecified atom stereocenters. The number of aromatic nitrogens is 1. The van der Waals surface area contributed by atoms with Crippen LogP contribution in [0.3, 0.4) is 0 Å². The van der Waals surface area contributed by atoms with Crippen LogP contribution < -0.4 is 10.6 Å². The van der Waals surface area contributed by atoms with Gasteiger partial charge in [0.15, 0.2) is 0 Å². The van der Waals surface area contributed by atoms with Crippen LogP contribution in [-0.2, 0) is 6.42 Å². The Morgan fingerprint density at radius 1 is 1.32 bits per heavy atom. The molecule has 1 aliphatic heterocycles. The van der Waals surface area contributed by atoms with Gasteiger partial charge in [-0.2, -0.15) is 0 Å². The SMILES string of the molecule is O=C(Nc1ccc2c(c1)CCN2)c1ccc(F)cn1. The molecular weight excluding hydrogens is 245 g/mol. The molecule has 0 bridgehead atoms. The molecule has 4 nitrogen and oxygen atoms in total. The highest BCUT2D eigenvalue weighted by Gasteiger charge is 2.12. The molecule has 0 radical (unpaired) electrons. The van der Waals surface area contributed by atoms with Crippen LogP contribution in [0.25, 0.3) is 0 Å². The molecule has 96 valence electrons. The number of hydrogen-bond acceptors (Lipinski definition) is 3. The molecule has 2 heterocycles. The van der Waals surface area contributed by atoms with Crippen LogP contribution in [0, 0.1) is 5.82 Å². The van der Waals surface area contributed by atoms with Crippen molar-refractivity contribution in [2.24, 2.45) is 0 Å². The number of benzene rings is 1. The minimum absolute atomic E-state index is 0.194. The van der Waals surface area contributed by atoms with Crippen molar-refractivity contribution in [3.8, 4) is 0 Å². The number of nitrogens with one attached hydrogen (secondary N) is 2. The lowest BCUT2D eigenvalue weighted by molar-refractivity contribution is 0.102. The Balaban J connectivity index is 1.77. The van der Waals surface area contributed by atoms with Gasteiger partial charge < -0.3 is 10.6 Å². The number of fused-ring (bicyclic) bond motifs is 1. The molecule has 1 amide bonds. The fraction of sp³-hybridized carbons (Fsp3) is 0.143. The first kappa shape index (κ1) is 11.6. The van der Waals surface area contributed by atoms with Gasteiger partial charge in [0.1, 0.15) is 11.5 Å². The van der Waals surface area contributed by atoms with Gasteiger partial charge in [0.2, 0.25) is 0 Å². The van der Waals surface area contributed by atoms with Crippen LogP contribution in [-0.4, -0.2) is 17.4 Å². The van der Waals surface area contributed by atoms with Crippen molar-refractivity contribution in [1.82, 2.24) is 4.98 Å². The van der Waals surface area contributed by atoms with E-state index >= 15 is 0 Å². The van der Waals surface area contributed by atoms with Crippen molar-refractivity contribution in [3.05, 3.63) is 53.6 Å². The van der Waals surface area contributed by atoms with E-state index in [1.807, 2.05) is 18.2 Å². The number of carbonyl (C=O) groups is 1. The van der Waals surface area contributed by atoms with Crippen LogP contribution in [0.5, 0.6) is 0 Å². The molecule has 1 aliphatic rings. The molecule has 0 saturated carbocycles. The number of amides is 1. The Bertz CT molecular complexity index is 625. The van der Waals surface area contributed by atoms with E-state index in [-0.39, 0.29) is 11.6 Å². The third-order valence-corrected chi connectivity index (χ3v) is 3.03. The Hall–Kier alpha value is -2.43. The molecule has 2 N–H and O–H groups in total. The normalized spacial score (nSPS) is 12.7. The monoisotopic (exact) mass is 257 g/mol. The third kappa shape index (κ3) is 2.40. The summed E-state index contributed by atoms with van der Waals surface area (Å²) in [6, 6.07) is 8.29. The first-order valence-corrected chi connectivity index (χ1v) is 6.02. The average molecular weight is 257 g/mol. The van der Waals surface area contributed by atoms with Gasteiger partial charge in [-0.1, -0.05) is 0 Å². The maximum Gasteiger partial charge on any atom is 0.274 e. The average Bonchev–Trinajstić information content (AvgIpc) is 2.87. The first-order chi connectivity index (χ1) is 9.22. The summed E-state index contributed by atoms with van der Waals surface area (Å²) >= 11 is 0. The zero-order chi connectivity index (χ0) is 13.2. The van der Waals surface area contributed by atoms with Crippen LogP contribution in [0.4, 0.5) is 15.8 Å². The number of pyridine rings is 1. The lowest BCUT2D eigenvalue weighted by Gasteiger charge is -2.06. The van der Waals surface area contributed by atoms with Crippen LogP contribution in [0.2, 0.25) is 0 Å². The van der Waals surface area contributed by atoms with Crippen molar-refractivity contribution >= 4 is 17.3 Å². The highest BCUT2D eigenvalue weighted by atomic mass is 19.1. The van der Waals surface area contributed by atoms with E-state index in [0.29, 0.717) is 0 Å². The molecule has 19 heavy (non-hydrogen) atoms. The standard InChI is InChI=1S/C14H12FN3O/c15-10-1-3-13(17-8-10)14(19)18-11-2-4-12-9(7-11)5-6-16-12/h1-4,7-8,16H,5-6H2,(H,18,19). The van der Waals surface area contributed by atoms with Gasteiger partial charge in [-0.05, 0) is 42.3 Å². The summed E-state index contributed by atoms with van der Waals surface area (Å²) in [5.41, 5.74) is 3.21. The van der Waals surface area contributed by atoms with Crippen LogP contribution >= 0.6 is 0 Å². The quantitative estimate of drug-likeness (QED) is 0.868. The predicted octanol–water partition coefficient (Wildman–Crippen LogP) is 2.44. The molecule has 0 fully saturated rings. The Kier molecular flexibility index (Phi) is 2.87. The van der Waals surface area contributed by atoms with Crippen LogP contribution in [0.15, 0.2) is 36.5 Å². The highest BCUT2D eigenvalue weighted by molar-refractivity contribution is 6.03. The van der Waals surface area contributed by atoms with Crippen LogP contribution in [0.1, 0.15) is 16.1 Å². The molecule has 2 aromatic rings. The lowest BCUT2D eigenvalue weighted by Crippen LogP contribution is -2.13. The highest BCUT2D eigenvalue weighted by Crippen LogP contribution is 2.25. The summed E-state index contributed by atoms with van der Waals surface area (Å²) < 4.78 is 12.7. The van der Waals surface area contributed by atoms with E-state index in [1.165, 1.54) is 17.7 Å². The van der Waals surface area contributed by atoms with E-state index in [2.05, 4.69) is 15.6 Å². The first-order valence-electron chi connectivity index (χ1n) is 6.02. The summed E-state index contributed by atoms with van der Waals surface area (Å²) in [4.78, 5) is 15.7. The number of rotatable bonds is 2. The summed E-state index contributed by atoms with van der Waals surface area (Å²) in [6.45, 7) is 0.923. The second-order valence-electron chi connectivity index (χ2n) is 4.36. The molecule has 5 heteroatoms. The zero-order valence-electron chi connectivity index (χ0n) is 10.1. The minimum atomic E-state index is -0.458. The number of halogens is 1. The number of nitrogens with zero attached hydrogens (tertiary/aromatic N) is 1. The summed E-state index contributed by atoms with van der Waals surface area (Å²) in [7, 11) is 0. The number of carbonyl (C=O) groups excluding carboxylic acids is 1. The van der Waals surface area contributed by atoms with Gasteiger partial charge in [-0.3, -0.25) is 4.79 Å². The Labute approximate surface area is 109 Å². The maximum atomic E-state index is 12.7. The topological polar surface area (TPSA) is 54.0 Å². The molecule has 0 atom stereocenters. The van der Waals surface area contributed by atoms with E-state index in [4.69, 9.17) is 0 Å². The van der Waals surface area contributed by atoms with Gasteiger partial charge in [-0.25, -0.2) is 9.37 Å². The van der Waals surface area contributed by atoms with Gasteiger partial charge in [0, 0.05) is 17.9 Å². The Morgan fingerprint density at radius 3 is 3.00 bits per heavy atom. The molecule has 1 aromatic heterocycles. The largest absolute Gasteiger partial charge is 0.384 e. The number of hydrogen-bond donors (Lipinski definition) is 2. The lowest BCUT2D eigenvalue weighted by atomic mass is 10.1.